The van der Waals surface area contributed by atoms with Gasteiger partial charge in [0, 0.05) is 12.5 Å². The number of benzene rings is 2. The summed E-state index contributed by atoms with van der Waals surface area (Å²) in [6.07, 6.45) is 0. The standard InChI is InChI=1S/C16H14FNO3/c1-10(19)18-14-8-7-11(17)9-13(14)16(20)12-5-3-4-6-15(12)21-2/h3-9H,1-2H3,(H,18,19). The molecule has 4 nitrogen and oxygen atoms in total. The van der Waals surface area contributed by atoms with Crippen molar-refractivity contribution in [2.45, 2.75) is 6.92 Å². The highest BCUT2D eigenvalue weighted by Gasteiger charge is 2.18. The second-order valence-corrected chi connectivity index (χ2v) is 4.40. The number of para-hydroxylation sites is 1. The maximum atomic E-state index is 13.4. The van der Waals surface area contributed by atoms with Crippen molar-refractivity contribution >= 4 is 17.4 Å². The number of methoxy groups -OCH3 is 1. The van der Waals surface area contributed by atoms with Crippen LogP contribution in [-0.4, -0.2) is 18.8 Å². The van der Waals surface area contributed by atoms with Crippen LogP contribution in [0.2, 0.25) is 0 Å². The Balaban J connectivity index is 2.52. The first-order chi connectivity index (χ1) is 10.0. The molecule has 2 rings (SSSR count). The molecule has 0 unspecified atom stereocenters. The van der Waals surface area contributed by atoms with E-state index in [1.54, 1.807) is 24.3 Å². The zero-order valence-electron chi connectivity index (χ0n) is 11.6. The van der Waals surface area contributed by atoms with Crippen LogP contribution in [0.15, 0.2) is 42.5 Å². The summed E-state index contributed by atoms with van der Waals surface area (Å²) in [4.78, 5) is 23.8. The molecule has 0 aliphatic heterocycles. The first-order valence-electron chi connectivity index (χ1n) is 6.27. The van der Waals surface area contributed by atoms with E-state index in [2.05, 4.69) is 5.32 Å². The van der Waals surface area contributed by atoms with Gasteiger partial charge in [0.15, 0.2) is 5.78 Å². The first kappa shape index (κ1) is 14.7. The number of nitrogens with one attached hydrogen (secondary N) is 1. The molecule has 1 amide bonds. The molecule has 0 aliphatic carbocycles. The molecule has 0 aliphatic rings. The van der Waals surface area contributed by atoms with Crippen molar-refractivity contribution in [3.05, 3.63) is 59.4 Å². The normalized spacial score (nSPS) is 10.0. The van der Waals surface area contributed by atoms with Gasteiger partial charge < -0.3 is 10.1 Å². The van der Waals surface area contributed by atoms with E-state index >= 15 is 0 Å². The van der Waals surface area contributed by atoms with E-state index in [1.807, 2.05) is 0 Å². The number of rotatable bonds is 4. The van der Waals surface area contributed by atoms with Gasteiger partial charge in [0.25, 0.3) is 0 Å². The summed E-state index contributed by atoms with van der Waals surface area (Å²) in [6.45, 7) is 1.32. The first-order valence-corrected chi connectivity index (χ1v) is 6.27. The minimum absolute atomic E-state index is 0.0784. The second kappa shape index (κ2) is 6.17. The predicted octanol–water partition coefficient (Wildman–Crippen LogP) is 3.02. The molecule has 0 fully saturated rings. The zero-order chi connectivity index (χ0) is 15.4. The second-order valence-electron chi connectivity index (χ2n) is 4.40. The molecule has 0 heterocycles. The van der Waals surface area contributed by atoms with E-state index in [-0.39, 0.29) is 17.2 Å². The fourth-order valence-electron chi connectivity index (χ4n) is 1.98. The third-order valence-corrected chi connectivity index (χ3v) is 2.89. The molecule has 2 aromatic rings. The van der Waals surface area contributed by atoms with Crippen LogP contribution in [0.1, 0.15) is 22.8 Å². The Morgan fingerprint density at radius 1 is 1.10 bits per heavy atom. The smallest absolute Gasteiger partial charge is 0.221 e. The van der Waals surface area contributed by atoms with Crippen LogP contribution in [-0.2, 0) is 4.79 Å². The summed E-state index contributed by atoms with van der Waals surface area (Å²) in [5, 5.41) is 2.52. The Hall–Kier alpha value is -2.69. The van der Waals surface area contributed by atoms with E-state index < -0.39 is 11.6 Å². The van der Waals surface area contributed by atoms with Gasteiger partial charge >= 0.3 is 0 Å². The quantitative estimate of drug-likeness (QED) is 0.879. The van der Waals surface area contributed by atoms with Crippen LogP contribution in [0.3, 0.4) is 0 Å². The number of amides is 1. The van der Waals surface area contributed by atoms with E-state index in [1.165, 1.54) is 26.2 Å². The number of halogens is 1. The maximum absolute atomic E-state index is 13.4. The number of hydrogen-bond acceptors (Lipinski definition) is 3. The average molecular weight is 287 g/mol. The average Bonchev–Trinajstić information content (AvgIpc) is 2.48. The fourth-order valence-corrected chi connectivity index (χ4v) is 1.98. The van der Waals surface area contributed by atoms with Crippen molar-refractivity contribution in [2.24, 2.45) is 0 Å². The SMILES string of the molecule is COc1ccccc1C(=O)c1cc(F)ccc1NC(C)=O. The van der Waals surface area contributed by atoms with Crippen molar-refractivity contribution < 1.29 is 18.7 Å². The lowest BCUT2D eigenvalue weighted by Gasteiger charge is -2.11. The number of ketones is 1. The highest BCUT2D eigenvalue weighted by Crippen LogP contribution is 2.25. The molecule has 0 bridgehead atoms. The Bertz CT molecular complexity index is 698. The van der Waals surface area contributed by atoms with Crippen molar-refractivity contribution in [2.75, 3.05) is 12.4 Å². The number of carbonyl (C=O) groups excluding carboxylic acids is 2. The molecule has 0 saturated carbocycles. The largest absolute Gasteiger partial charge is 0.496 e. The van der Waals surface area contributed by atoms with Crippen LogP contribution in [0, 0.1) is 5.82 Å². The third kappa shape index (κ3) is 3.25. The van der Waals surface area contributed by atoms with Crippen molar-refractivity contribution in [3.63, 3.8) is 0 Å². The van der Waals surface area contributed by atoms with Gasteiger partial charge in [0.1, 0.15) is 11.6 Å². The summed E-state index contributed by atoms with van der Waals surface area (Å²) >= 11 is 0. The minimum atomic E-state index is -0.553. The third-order valence-electron chi connectivity index (χ3n) is 2.89. The predicted molar refractivity (Wildman–Crippen MR) is 77.1 cm³/mol. The Kier molecular flexibility index (Phi) is 4.33. The van der Waals surface area contributed by atoms with Gasteiger partial charge in [0.05, 0.1) is 18.4 Å². The summed E-state index contributed by atoms with van der Waals surface area (Å²) in [5.41, 5.74) is 0.645. The highest BCUT2D eigenvalue weighted by atomic mass is 19.1. The molecular weight excluding hydrogens is 273 g/mol. The van der Waals surface area contributed by atoms with Gasteiger partial charge in [-0.25, -0.2) is 4.39 Å². The van der Waals surface area contributed by atoms with Gasteiger partial charge in [-0.3, -0.25) is 9.59 Å². The van der Waals surface area contributed by atoms with Gasteiger partial charge in [0.2, 0.25) is 5.91 Å². The van der Waals surface area contributed by atoms with Crippen LogP contribution >= 0.6 is 0 Å². The summed E-state index contributed by atoms with van der Waals surface area (Å²) < 4.78 is 18.6. The molecule has 0 saturated heterocycles. The molecule has 0 spiro atoms. The van der Waals surface area contributed by atoms with E-state index in [0.717, 1.165) is 6.07 Å². The number of carbonyl (C=O) groups is 2. The molecule has 2 aromatic carbocycles. The van der Waals surface area contributed by atoms with Crippen LogP contribution in [0.25, 0.3) is 0 Å². The topological polar surface area (TPSA) is 55.4 Å². The fraction of sp³-hybridized carbons (Fsp3) is 0.125. The summed E-state index contributed by atoms with van der Waals surface area (Å²) in [6, 6.07) is 10.3. The minimum Gasteiger partial charge on any atom is -0.496 e. The lowest BCUT2D eigenvalue weighted by Crippen LogP contribution is -2.12. The van der Waals surface area contributed by atoms with Crippen molar-refractivity contribution in [1.82, 2.24) is 0 Å². The Labute approximate surface area is 121 Å². The van der Waals surface area contributed by atoms with Crippen LogP contribution in [0.4, 0.5) is 10.1 Å². The van der Waals surface area contributed by atoms with Crippen molar-refractivity contribution in [3.8, 4) is 5.75 Å². The molecular formula is C16H14FNO3. The van der Waals surface area contributed by atoms with E-state index in [4.69, 9.17) is 4.74 Å². The van der Waals surface area contributed by atoms with Gasteiger partial charge in [-0.1, -0.05) is 12.1 Å². The maximum Gasteiger partial charge on any atom is 0.221 e. The number of anilines is 1. The Morgan fingerprint density at radius 3 is 2.48 bits per heavy atom. The highest BCUT2D eigenvalue weighted by molar-refractivity contribution is 6.15. The van der Waals surface area contributed by atoms with Gasteiger partial charge in [-0.2, -0.15) is 0 Å². The molecule has 0 atom stereocenters. The number of hydrogen-bond donors (Lipinski definition) is 1. The molecule has 1 N–H and O–H groups in total. The van der Waals surface area contributed by atoms with Crippen LogP contribution < -0.4 is 10.1 Å². The summed E-state index contributed by atoms with van der Waals surface area (Å²) in [7, 11) is 1.45. The zero-order valence-corrected chi connectivity index (χ0v) is 11.6. The van der Waals surface area contributed by atoms with Crippen LogP contribution in [0.5, 0.6) is 5.75 Å². The Morgan fingerprint density at radius 2 is 1.81 bits per heavy atom. The summed E-state index contributed by atoms with van der Waals surface area (Å²) in [5.74, 6) is -0.922. The van der Waals surface area contributed by atoms with Crippen molar-refractivity contribution in [1.29, 1.82) is 0 Å². The molecule has 21 heavy (non-hydrogen) atoms. The van der Waals surface area contributed by atoms with Gasteiger partial charge in [-0.15, -0.1) is 0 Å². The lowest BCUT2D eigenvalue weighted by atomic mass is 10.0. The lowest BCUT2D eigenvalue weighted by molar-refractivity contribution is -0.114. The van der Waals surface area contributed by atoms with E-state index in [9.17, 15) is 14.0 Å². The molecule has 0 aromatic heterocycles. The monoisotopic (exact) mass is 287 g/mol. The molecule has 108 valence electrons. The van der Waals surface area contributed by atoms with E-state index in [0.29, 0.717) is 11.3 Å². The molecule has 0 radical (unpaired) electrons. The van der Waals surface area contributed by atoms with Gasteiger partial charge in [-0.05, 0) is 30.3 Å². The molecule has 5 heteroatoms. The number of ether oxygens (including phenoxy) is 1.